The van der Waals surface area contributed by atoms with Crippen LogP contribution in [0.5, 0.6) is 5.75 Å². The molecule has 34 heavy (non-hydrogen) atoms. The maximum atomic E-state index is 13.2. The number of carbonyl (C=O) groups is 1. The number of fused-ring (bicyclic) bond motifs is 2. The molecule has 9 heteroatoms. The van der Waals surface area contributed by atoms with Crippen LogP contribution in [0.4, 0.5) is 4.79 Å². The van der Waals surface area contributed by atoms with Crippen molar-refractivity contribution in [2.24, 2.45) is 7.05 Å². The molecule has 0 bridgehead atoms. The summed E-state index contributed by atoms with van der Waals surface area (Å²) in [6.45, 7) is 2.51. The molecule has 1 unspecified atom stereocenters. The van der Waals surface area contributed by atoms with Crippen molar-refractivity contribution in [1.29, 1.82) is 0 Å². The van der Waals surface area contributed by atoms with E-state index in [0.29, 0.717) is 46.7 Å². The summed E-state index contributed by atoms with van der Waals surface area (Å²) >= 11 is 0. The van der Waals surface area contributed by atoms with Crippen LogP contribution in [0.2, 0.25) is 0 Å². The van der Waals surface area contributed by atoms with E-state index in [0.717, 1.165) is 11.1 Å². The molecule has 0 fully saturated rings. The minimum Gasteiger partial charge on any atom is -0.410 e. The molecule has 1 N–H and O–H groups in total. The Bertz CT molecular complexity index is 1460. The van der Waals surface area contributed by atoms with E-state index in [1.807, 2.05) is 19.1 Å². The van der Waals surface area contributed by atoms with Crippen molar-refractivity contribution in [3.8, 4) is 5.75 Å². The van der Waals surface area contributed by atoms with Gasteiger partial charge in [0.2, 0.25) is 0 Å². The second-order valence-electron chi connectivity index (χ2n) is 8.95. The third-order valence-electron chi connectivity index (χ3n) is 6.30. The molecule has 1 amide bonds. The number of amides is 1. The summed E-state index contributed by atoms with van der Waals surface area (Å²) in [4.78, 5) is 27.9. The third kappa shape index (κ3) is 3.86. The van der Waals surface area contributed by atoms with Crippen LogP contribution in [0.1, 0.15) is 23.1 Å². The molecule has 1 aromatic carbocycles. The maximum Gasteiger partial charge on any atom is 0.419 e. The molecular weight excluding hydrogens is 454 g/mol. The minimum atomic E-state index is -3.38. The summed E-state index contributed by atoms with van der Waals surface area (Å²) in [6.07, 6.45) is 6.39. The highest BCUT2D eigenvalue weighted by atomic mass is 32.2. The summed E-state index contributed by atoms with van der Waals surface area (Å²) < 4.78 is 31.6. The Morgan fingerprint density at radius 3 is 2.65 bits per heavy atom. The van der Waals surface area contributed by atoms with Gasteiger partial charge in [-0.3, -0.25) is 9.69 Å². The highest BCUT2D eigenvalue weighted by molar-refractivity contribution is 7.91. The molecule has 0 radical (unpaired) electrons. The van der Waals surface area contributed by atoms with Crippen molar-refractivity contribution in [2.45, 2.75) is 19.4 Å². The quantitative estimate of drug-likeness (QED) is 0.727. The molecule has 5 rings (SSSR count). The largest absolute Gasteiger partial charge is 0.419 e. The van der Waals surface area contributed by atoms with Gasteiger partial charge in [0.1, 0.15) is 5.75 Å². The first-order chi connectivity index (χ1) is 16.1. The zero-order chi connectivity index (χ0) is 24.2. The first kappa shape index (κ1) is 22.2. The molecule has 0 saturated carbocycles. The Kier molecular flexibility index (Phi) is 5.24. The molecule has 2 aromatic rings. The fourth-order valence-electron chi connectivity index (χ4n) is 4.75. The van der Waals surface area contributed by atoms with E-state index in [2.05, 4.69) is 5.32 Å². The van der Waals surface area contributed by atoms with E-state index >= 15 is 0 Å². The predicted molar refractivity (Wildman–Crippen MR) is 130 cm³/mol. The number of hydrogen-bond donors (Lipinski definition) is 1. The molecule has 0 saturated heterocycles. The van der Waals surface area contributed by atoms with E-state index in [1.165, 1.54) is 10.8 Å². The van der Waals surface area contributed by atoms with E-state index < -0.39 is 15.9 Å². The lowest BCUT2D eigenvalue weighted by Gasteiger charge is -2.30. The normalized spacial score (nSPS) is 18.9. The molecule has 1 atom stereocenters. The number of allylic oxidation sites excluding steroid dienone is 1. The molecular formula is C25H25N3O5S. The lowest BCUT2D eigenvalue weighted by atomic mass is 9.92. The fraction of sp³-hybridized carbons (Fsp3) is 0.280. The number of nitrogens with zero attached hydrogens (tertiary/aromatic N) is 2. The topological polar surface area (TPSA) is 97.7 Å². The van der Waals surface area contributed by atoms with Gasteiger partial charge in [0.15, 0.2) is 9.84 Å². The van der Waals surface area contributed by atoms with Crippen molar-refractivity contribution in [2.75, 3.05) is 18.6 Å². The van der Waals surface area contributed by atoms with E-state index in [1.54, 1.807) is 48.6 Å². The average Bonchev–Trinajstić information content (AvgIpc) is 3.08. The molecule has 176 valence electrons. The Morgan fingerprint density at radius 2 is 1.94 bits per heavy atom. The molecule has 3 heterocycles. The van der Waals surface area contributed by atoms with Crippen LogP contribution in [-0.4, -0.2) is 48.6 Å². The number of carbonyl (C=O) groups excluding carboxylic acids is 1. The van der Waals surface area contributed by atoms with Crippen LogP contribution in [0.15, 0.2) is 64.7 Å². The Labute approximate surface area is 197 Å². The SMILES string of the molecule is Cc1ccc(OC(=O)N2C=C3C=C(CS(C)(=O)=O)c4ccn(C)c(=O)c4C4=C3C2CCN4)cc1. The van der Waals surface area contributed by atoms with Crippen molar-refractivity contribution in [1.82, 2.24) is 14.8 Å². The summed E-state index contributed by atoms with van der Waals surface area (Å²) in [7, 11) is -1.72. The van der Waals surface area contributed by atoms with E-state index in [4.69, 9.17) is 4.74 Å². The number of ether oxygens (including phenoxy) is 1. The summed E-state index contributed by atoms with van der Waals surface area (Å²) in [5, 5.41) is 3.35. The van der Waals surface area contributed by atoms with Crippen LogP contribution in [0.25, 0.3) is 11.3 Å². The van der Waals surface area contributed by atoms with Gasteiger partial charge in [-0.15, -0.1) is 0 Å². The highest BCUT2D eigenvalue weighted by Gasteiger charge is 2.41. The Morgan fingerprint density at radius 1 is 1.21 bits per heavy atom. The van der Waals surface area contributed by atoms with Gasteiger partial charge in [0, 0.05) is 37.8 Å². The molecule has 1 aromatic heterocycles. The van der Waals surface area contributed by atoms with Crippen molar-refractivity contribution >= 4 is 27.2 Å². The second kappa shape index (κ2) is 8.02. The van der Waals surface area contributed by atoms with Gasteiger partial charge in [-0.05, 0) is 54.3 Å². The van der Waals surface area contributed by atoms with Crippen molar-refractivity contribution in [3.63, 3.8) is 0 Å². The number of benzene rings is 1. The Hall–Kier alpha value is -3.59. The lowest BCUT2D eigenvalue weighted by Crippen LogP contribution is -2.42. The molecule has 3 aliphatic rings. The predicted octanol–water partition coefficient (Wildman–Crippen LogP) is 2.61. The van der Waals surface area contributed by atoms with E-state index in [9.17, 15) is 18.0 Å². The number of sulfone groups is 1. The van der Waals surface area contributed by atoms with E-state index in [-0.39, 0.29) is 17.4 Å². The number of nitrogens with one attached hydrogen (secondary N) is 1. The smallest absolute Gasteiger partial charge is 0.410 e. The average molecular weight is 480 g/mol. The molecule has 2 aliphatic heterocycles. The van der Waals surface area contributed by atoms with Crippen molar-refractivity contribution < 1.29 is 17.9 Å². The van der Waals surface area contributed by atoms with Gasteiger partial charge in [0.25, 0.3) is 5.56 Å². The third-order valence-corrected chi connectivity index (χ3v) is 7.13. The van der Waals surface area contributed by atoms with Crippen LogP contribution < -0.4 is 15.6 Å². The number of rotatable bonds is 3. The van der Waals surface area contributed by atoms with Gasteiger partial charge in [-0.2, -0.15) is 0 Å². The van der Waals surface area contributed by atoms with Gasteiger partial charge in [0.05, 0.1) is 23.1 Å². The van der Waals surface area contributed by atoms with Crippen LogP contribution in [-0.2, 0) is 16.9 Å². The van der Waals surface area contributed by atoms with Crippen LogP contribution in [0, 0.1) is 6.92 Å². The standard InChI is InChI=1S/C25H25N3O5S/c1-15-4-6-18(7-5-15)33-25(30)28-13-16-12-17(14-34(3,31)32)19-9-11-27(2)24(29)22(19)23-21(16)20(28)8-10-26-23/h4-7,9,11-13,20,26H,8,10,14H2,1-3H3. The molecule has 1 aliphatic carbocycles. The zero-order valence-corrected chi connectivity index (χ0v) is 20.0. The minimum absolute atomic E-state index is 0.219. The van der Waals surface area contributed by atoms with Crippen LogP contribution in [0.3, 0.4) is 0 Å². The van der Waals surface area contributed by atoms with Crippen LogP contribution >= 0.6 is 0 Å². The first-order valence-corrected chi connectivity index (χ1v) is 13.0. The molecule has 8 nitrogen and oxygen atoms in total. The number of pyridine rings is 1. The summed E-state index contributed by atoms with van der Waals surface area (Å²) in [5.41, 5.74) is 4.51. The number of aryl methyl sites for hydroxylation is 2. The monoisotopic (exact) mass is 479 g/mol. The van der Waals surface area contributed by atoms with Gasteiger partial charge in [-0.1, -0.05) is 17.7 Å². The zero-order valence-electron chi connectivity index (χ0n) is 19.2. The summed E-state index contributed by atoms with van der Waals surface area (Å²) in [5.74, 6) is 0.223. The Balaban J connectivity index is 1.64. The second-order valence-corrected chi connectivity index (χ2v) is 11.1. The van der Waals surface area contributed by atoms with Crippen molar-refractivity contribution in [3.05, 3.63) is 87.0 Å². The lowest BCUT2D eigenvalue weighted by molar-refractivity contribution is 0.161. The fourth-order valence-corrected chi connectivity index (χ4v) is 5.55. The van der Waals surface area contributed by atoms with Gasteiger partial charge in [-0.25, -0.2) is 13.2 Å². The first-order valence-electron chi connectivity index (χ1n) is 11.0. The maximum absolute atomic E-state index is 13.2. The highest BCUT2D eigenvalue weighted by Crippen LogP contribution is 2.42. The number of hydrogen-bond acceptors (Lipinski definition) is 6. The van der Waals surface area contributed by atoms with Gasteiger partial charge < -0.3 is 14.6 Å². The molecule has 0 spiro atoms. The number of aromatic nitrogens is 1. The summed E-state index contributed by atoms with van der Waals surface area (Å²) in [6, 6.07) is 8.67. The van der Waals surface area contributed by atoms with Gasteiger partial charge >= 0.3 is 6.09 Å².